The molecule has 0 radical (unpaired) electrons. The van der Waals surface area contributed by atoms with Crippen molar-refractivity contribution in [1.29, 1.82) is 0 Å². The quantitative estimate of drug-likeness (QED) is 0.566. The zero-order chi connectivity index (χ0) is 24.6. The molecular weight excluding hydrogens is 496 g/mol. The minimum absolute atomic E-state index is 0.162. The van der Waals surface area contributed by atoms with Gasteiger partial charge in [0.05, 0.1) is 45.4 Å². The molecule has 2 aromatic rings. The van der Waals surface area contributed by atoms with E-state index < -0.39 is 35.0 Å². The highest BCUT2D eigenvalue weighted by Gasteiger charge is 2.33. The molecule has 182 valence electrons. The number of anilines is 2. The highest BCUT2D eigenvalue weighted by Crippen LogP contribution is 2.36. The van der Waals surface area contributed by atoms with Gasteiger partial charge in [-0.3, -0.25) is 4.98 Å². The van der Waals surface area contributed by atoms with Gasteiger partial charge in [-0.1, -0.05) is 29.3 Å². The minimum Gasteiger partial charge on any atom is -0.389 e. The maximum absolute atomic E-state index is 12.8. The zero-order valence-corrected chi connectivity index (χ0v) is 19.2. The van der Waals surface area contributed by atoms with Gasteiger partial charge in [0.2, 0.25) is 0 Å². The van der Waals surface area contributed by atoms with Crippen molar-refractivity contribution in [3.05, 3.63) is 57.8 Å². The summed E-state index contributed by atoms with van der Waals surface area (Å²) in [6.45, 7) is 1.20. The largest absolute Gasteiger partial charge is 0.417 e. The van der Waals surface area contributed by atoms with Crippen LogP contribution >= 0.6 is 23.2 Å². The average Bonchev–Trinajstić information content (AvgIpc) is 3.11. The lowest BCUT2D eigenvalue weighted by molar-refractivity contribution is -0.137. The van der Waals surface area contributed by atoms with E-state index in [1.54, 1.807) is 17.2 Å². The number of amides is 2. The average molecular weight is 517 g/mol. The first-order chi connectivity index (χ1) is 16.0. The summed E-state index contributed by atoms with van der Waals surface area (Å²) < 4.78 is 38.5. The summed E-state index contributed by atoms with van der Waals surface area (Å²) >= 11 is 12.1. The fourth-order valence-electron chi connectivity index (χ4n) is 3.91. The molecule has 2 amide bonds. The van der Waals surface area contributed by atoms with E-state index in [1.165, 1.54) is 4.90 Å². The molecule has 1 saturated heterocycles. The van der Waals surface area contributed by atoms with Gasteiger partial charge in [-0.05, 0) is 36.3 Å². The molecule has 0 bridgehead atoms. The number of carbonyl (C=O) groups excluding carboxylic acids is 1. The Kier molecular flexibility index (Phi) is 6.95. The molecule has 12 heteroatoms. The lowest BCUT2D eigenvalue weighted by Crippen LogP contribution is -2.38. The topological polar surface area (TPSA) is 88.9 Å². The van der Waals surface area contributed by atoms with Crippen LogP contribution in [-0.4, -0.2) is 64.5 Å². The predicted octanol–water partition coefficient (Wildman–Crippen LogP) is 4.27. The van der Waals surface area contributed by atoms with Crippen LogP contribution in [0.3, 0.4) is 0 Å². The molecule has 3 heterocycles. The van der Waals surface area contributed by atoms with Crippen LogP contribution < -0.4 is 10.2 Å². The number of hydrogen-bond donors (Lipinski definition) is 3. The van der Waals surface area contributed by atoms with Crippen LogP contribution in [0.1, 0.15) is 17.7 Å². The van der Waals surface area contributed by atoms with Gasteiger partial charge >= 0.3 is 12.2 Å². The van der Waals surface area contributed by atoms with Crippen molar-refractivity contribution in [2.24, 2.45) is 0 Å². The van der Waals surface area contributed by atoms with Crippen molar-refractivity contribution >= 4 is 46.2 Å². The number of aliphatic hydroxyl groups is 2. The van der Waals surface area contributed by atoms with Crippen molar-refractivity contribution in [1.82, 2.24) is 9.88 Å². The number of aliphatic hydroxyl groups excluding tert-OH is 2. The second kappa shape index (κ2) is 9.61. The molecule has 0 aliphatic carbocycles. The molecule has 3 N–H and O–H groups in total. The van der Waals surface area contributed by atoms with Gasteiger partial charge in [-0.25, -0.2) is 4.79 Å². The number of rotatable bonds is 3. The van der Waals surface area contributed by atoms with E-state index in [0.29, 0.717) is 29.4 Å². The number of nitrogens with one attached hydrogen (secondary N) is 1. The van der Waals surface area contributed by atoms with Gasteiger partial charge < -0.3 is 25.3 Å². The minimum atomic E-state index is -4.57. The first kappa shape index (κ1) is 24.6. The van der Waals surface area contributed by atoms with Crippen LogP contribution in [0.15, 0.2) is 36.5 Å². The van der Waals surface area contributed by atoms with Crippen LogP contribution in [-0.2, 0) is 6.18 Å². The number of pyridine rings is 1. The van der Waals surface area contributed by atoms with E-state index in [1.807, 2.05) is 6.08 Å². The number of β-amino-alcohol motifs (C(OH)–C–C–N with tert-alkyl or cyclic N) is 2. The zero-order valence-electron chi connectivity index (χ0n) is 17.7. The smallest absolute Gasteiger partial charge is 0.389 e. The molecule has 2 aliphatic rings. The van der Waals surface area contributed by atoms with E-state index in [9.17, 15) is 28.2 Å². The second-order valence-corrected chi connectivity index (χ2v) is 8.93. The molecule has 0 unspecified atom stereocenters. The van der Waals surface area contributed by atoms with Gasteiger partial charge in [-0.15, -0.1) is 0 Å². The van der Waals surface area contributed by atoms with Crippen molar-refractivity contribution in [3.8, 4) is 0 Å². The fraction of sp³-hybridized carbons (Fsp3) is 0.364. The molecule has 0 saturated carbocycles. The highest BCUT2D eigenvalue weighted by atomic mass is 35.5. The molecule has 4 rings (SSSR count). The highest BCUT2D eigenvalue weighted by molar-refractivity contribution is 6.32. The first-order valence-electron chi connectivity index (χ1n) is 10.4. The van der Waals surface area contributed by atoms with Gasteiger partial charge in [-0.2, -0.15) is 13.2 Å². The Morgan fingerprint density at radius 3 is 2.38 bits per heavy atom. The summed E-state index contributed by atoms with van der Waals surface area (Å²) in [4.78, 5) is 20.3. The van der Waals surface area contributed by atoms with Gasteiger partial charge in [0, 0.05) is 31.9 Å². The Hall–Kier alpha value is -2.53. The summed E-state index contributed by atoms with van der Waals surface area (Å²) in [5.74, 6) is 0. The lowest BCUT2D eigenvalue weighted by atomic mass is 10.0. The molecule has 1 aromatic carbocycles. The molecular formula is C22H21Cl2F3N4O3. The summed E-state index contributed by atoms with van der Waals surface area (Å²) in [5, 5.41) is 22.0. The number of urea groups is 1. The Morgan fingerprint density at radius 1 is 1.12 bits per heavy atom. The summed E-state index contributed by atoms with van der Waals surface area (Å²) in [6.07, 6.45) is -2.29. The van der Waals surface area contributed by atoms with Crippen molar-refractivity contribution in [2.75, 3.05) is 36.4 Å². The number of carbonyl (C=O) groups is 1. The van der Waals surface area contributed by atoms with Crippen molar-refractivity contribution < 1.29 is 28.2 Å². The maximum atomic E-state index is 12.8. The fourth-order valence-corrected chi connectivity index (χ4v) is 4.48. The van der Waals surface area contributed by atoms with Gasteiger partial charge in [0.25, 0.3) is 0 Å². The molecule has 1 fully saturated rings. The SMILES string of the molecule is O=C(Nc1ccc(C(F)(F)F)c(Cl)c1)N1CC=C(c2ncc(N3C[C@@H](O)[C@@H](O)C3)cc2Cl)CC1. The number of halogens is 5. The molecule has 7 nitrogen and oxygen atoms in total. The van der Waals surface area contributed by atoms with Crippen LogP contribution in [0.2, 0.25) is 10.0 Å². The third-order valence-corrected chi connectivity index (χ3v) is 6.38. The van der Waals surface area contributed by atoms with Gasteiger partial charge in [0.1, 0.15) is 0 Å². The first-order valence-corrected chi connectivity index (χ1v) is 11.2. The number of aromatic nitrogens is 1. The normalized spacial score (nSPS) is 21.0. The third kappa shape index (κ3) is 5.25. The second-order valence-electron chi connectivity index (χ2n) is 8.11. The summed E-state index contributed by atoms with van der Waals surface area (Å²) in [6, 6.07) is 4.31. The maximum Gasteiger partial charge on any atom is 0.417 e. The Balaban J connectivity index is 1.39. The standard InChI is InChI=1S/C22H21Cl2F3N4O3/c23-16-7-13(1-2-15(16)22(25,26)27)29-21(34)30-5-3-12(4-6-30)20-17(24)8-14(9-28-20)31-10-18(32)19(33)11-31/h1-3,7-9,18-19,32-33H,4-6,10-11H2,(H,29,34)/t18-,19+. The predicted molar refractivity (Wildman–Crippen MR) is 123 cm³/mol. The van der Waals surface area contributed by atoms with E-state index in [-0.39, 0.29) is 25.3 Å². The lowest BCUT2D eigenvalue weighted by Gasteiger charge is -2.27. The van der Waals surface area contributed by atoms with Crippen molar-refractivity contribution in [3.63, 3.8) is 0 Å². The number of nitrogens with zero attached hydrogens (tertiary/aromatic N) is 3. The Bertz CT molecular complexity index is 1120. The third-order valence-electron chi connectivity index (χ3n) is 5.78. The molecule has 2 aliphatic heterocycles. The van der Waals surface area contributed by atoms with Crippen molar-refractivity contribution in [2.45, 2.75) is 24.8 Å². The number of alkyl halides is 3. The summed E-state index contributed by atoms with van der Waals surface area (Å²) in [5.41, 5.74) is 1.33. The van der Waals surface area contributed by atoms with Crippen LogP contribution in [0.4, 0.5) is 29.3 Å². The number of benzene rings is 1. The Morgan fingerprint density at radius 2 is 1.82 bits per heavy atom. The van der Waals surface area contributed by atoms with Crippen LogP contribution in [0.25, 0.3) is 5.57 Å². The van der Waals surface area contributed by atoms with Crippen LogP contribution in [0, 0.1) is 0 Å². The van der Waals surface area contributed by atoms with Gasteiger partial charge in [0.15, 0.2) is 0 Å². The molecule has 2 atom stereocenters. The van der Waals surface area contributed by atoms with E-state index in [4.69, 9.17) is 23.2 Å². The summed E-state index contributed by atoms with van der Waals surface area (Å²) in [7, 11) is 0. The van der Waals surface area contributed by atoms with E-state index in [2.05, 4.69) is 10.3 Å². The monoisotopic (exact) mass is 516 g/mol. The number of hydrogen-bond acceptors (Lipinski definition) is 5. The molecule has 1 aromatic heterocycles. The van der Waals surface area contributed by atoms with E-state index >= 15 is 0 Å². The molecule has 34 heavy (non-hydrogen) atoms. The van der Waals surface area contributed by atoms with E-state index in [0.717, 1.165) is 23.8 Å². The molecule has 0 spiro atoms. The van der Waals surface area contributed by atoms with Crippen LogP contribution in [0.5, 0.6) is 0 Å². The Labute approximate surface area is 203 Å².